The molecule has 2 nitrogen and oxygen atoms in total. The van der Waals surface area contributed by atoms with E-state index < -0.39 is 0 Å². The molecule has 0 unspecified atom stereocenters. The number of aryl methyl sites for hydroxylation is 2. The van der Waals surface area contributed by atoms with Crippen LogP contribution in [0.2, 0.25) is 0 Å². The highest BCUT2D eigenvalue weighted by Crippen LogP contribution is 2.31. The first kappa shape index (κ1) is 8.54. The van der Waals surface area contributed by atoms with E-state index in [1.165, 1.54) is 6.42 Å². The third-order valence-electron chi connectivity index (χ3n) is 2.78. The van der Waals surface area contributed by atoms with E-state index in [-0.39, 0.29) is 11.7 Å². The molecule has 1 aromatic heterocycles. The fourth-order valence-electron chi connectivity index (χ4n) is 1.77. The van der Waals surface area contributed by atoms with Crippen LogP contribution < -0.4 is 0 Å². The summed E-state index contributed by atoms with van der Waals surface area (Å²) in [6.07, 6.45) is 3.32. The van der Waals surface area contributed by atoms with Crippen LogP contribution in [0.5, 0.6) is 0 Å². The Balaban J connectivity index is 2.23. The number of hydrogen-bond acceptors (Lipinski definition) is 2. The zero-order valence-corrected chi connectivity index (χ0v) is 8.09. The van der Waals surface area contributed by atoms with Gasteiger partial charge in [0, 0.05) is 5.92 Å². The molecular formula is C11H14O2. The van der Waals surface area contributed by atoms with Crippen molar-refractivity contribution in [1.29, 1.82) is 0 Å². The number of hydrogen-bond donors (Lipinski definition) is 0. The topological polar surface area (TPSA) is 30.2 Å². The van der Waals surface area contributed by atoms with Crippen LogP contribution in [0.25, 0.3) is 0 Å². The van der Waals surface area contributed by atoms with Gasteiger partial charge in [-0.05, 0) is 32.8 Å². The normalized spacial score (nSPS) is 17.1. The van der Waals surface area contributed by atoms with Gasteiger partial charge in [0.2, 0.25) is 0 Å². The second kappa shape index (κ2) is 3.02. The lowest BCUT2D eigenvalue weighted by molar-refractivity contribution is 0.0853. The van der Waals surface area contributed by atoms with Crippen molar-refractivity contribution in [3.63, 3.8) is 0 Å². The van der Waals surface area contributed by atoms with Crippen molar-refractivity contribution in [3.05, 3.63) is 23.2 Å². The fraction of sp³-hybridized carbons (Fsp3) is 0.545. The van der Waals surface area contributed by atoms with Crippen LogP contribution in [0.3, 0.4) is 0 Å². The molecule has 0 bridgehead atoms. The number of carbonyl (C=O) groups is 1. The molecule has 0 atom stereocenters. The zero-order chi connectivity index (χ0) is 9.42. The molecule has 0 radical (unpaired) electrons. The van der Waals surface area contributed by atoms with Gasteiger partial charge >= 0.3 is 0 Å². The third-order valence-corrected chi connectivity index (χ3v) is 2.78. The SMILES string of the molecule is Cc1cc(C(=O)C2CCC2)c(C)o1. The second-order valence-electron chi connectivity index (χ2n) is 3.82. The number of Topliss-reactive ketones (excluding diaryl/α,β-unsaturated/α-hetero) is 1. The van der Waals surface area contributed by atoms with Gasteiger partial charge in [0.1, 0.15) is 11.5 Å². The Morgan fingerprint density at radius 1 is 1.46 bits per heavy atom. The second-order valence-corrected chi connectivity index (χ2v) is 3.82. The maximum Gasteiger partial charge on any atom is 0.169 e. The molecule has 0 aliphatic heterocycles. The number of furan rings is 1. The number of ketones is 1. The molecule has 2 rings (SSSR count). The summed E-state index contributed by atoms with van der Waals surface area (Å²) in [5.74, 6) is 2.16. The summed E-state index contributed by atoms with van der Waals surface area (Å²) < 4.78 is 5.33. The van der Waals surface area contributed by atoms with Crippen LogP contribution in [-0.2, 0) is 0 Å². The summed E-state index contributed by atoms with van der Waals surface area (Å²) in [7, 11) is 0. The lowest BCUT2D eigenvalue weighted by atomic mass is 9.80. The van der Waals surface area contributed by atoms with Crippen molar-refractivity contribution in [3.8, 4) is 0 Å². The minimum Gasteiger partial charge on any atom is -0.466 e. The van der Waals surface area contributed by atoms with Gasteiger partial charge in [-0.2, -0.15) is 0 Å². The highest BCUT2D eigenvalue weighted by atomic mass is 16.3. The molecule has 0 N–H and O–H groups in total. The largest absolute Gasteiger partial charge is 0.466 e. The minimum absolute atomic E-state index is 0.274. The summed E-state index contributed by atoms with van der Waals surface area (Å²) >= 11 is 0. The number of rotatable bonds is 2. The standard InChI is InChI=1S/C11H14O2/c1-7-6-10(8(2)13-7)11(12)9-4-3-5-9/h6,9H,3-5H2,1-2H3. The molecule has 0 spiro atoms. The first-order valence-electron chi connectivity index (χ1n) is 4.79. The van der Waals surface area contributed by atoms with Gasteiger partial charge in [-0.3, -0.25) is 4.79 Å². The van der Waals surface area contributed by atoms with E-state index in [1.54, 1.807) is 0 Å². The molecule has 1 heterocycles. The van der Waals surface area contributed by atoms with E-state index in [1.807, 2.05) is 19.9 Å². The molecule has 1 aliphatic carbocycles. The maximum atomic E-state index is 11.8. The molecule has 1 saturated carbocycles. The average molecular weight is 178 g/mol. The molecule has 0 aromatic carbocycles. The van der Waals surface area contributed by atoms with Crippen molar-refractivity contribution in [2.45, 2.75) is 33.1 Å². The van der Waals surface area contributed by atoms with Crippen LogP contribution in [0.15, 0.2) is 10.5 Å². The van der Waals surface area contributed by atoms with Gasteiger partial charge in [0.15, 0.2) is 5.78 Å². The molecular weight excluding hydrogens is 164 g/mol. The summed E-state index contributed by atoms with van der Waals surface area (Å²) in [4.78, 5) is 11.8. The van der Waals surface area contributed by atoms with E-state index in [9.17, 15) is 4.79 Å². The summed E-state index contributed by atoms with van der Waals surface area (Å²) in [6.45, 7) is 3.74. The van der Waals surface area contributed by atoms with Crippen LogP contribution in [0.4, 0.5) is 0 Å². The molecule has 1 fully saturated rings. The van der Waals surface area contributed by atoms with E-state index in [2.05, 4.69) is 0 Å². The minimum atomic E-state index is 0.274. The van der Waals surface area contributed by atoms with Crippen LogP contribution in [-0.4, -0.2) is 5.78 Å². The molecule has 70 valence electrons. The fourth-order valence-corrected chi connectivity index (χ4v) is 1.77. The Kier molecular flexibility index (Phi) is 1.98. The van der Waals surface area contributed by atoms with Gasteiger partial charge in [0.05, 0.1) is 5.56 Å². The lowest BCUT2D eigenvalue weighted by Crippen LogP contribution is -2.22. The van der Waals surface area contributed by atoms with Crippen molar-refractivity contribution in [1.82, 2.24) is 0 Å². The Labute approximate surface area is 77.9 Å². The molecule has 0 saturated heterocycles. The predicted molar refractivity (Wildman–Crippen MR) is 49.9 cm³/mol. The highest BCUT2D eigenvalue weighted by molar-refractivity contribution is 5.99. The maximum absolute atomic E-state index is 11.8. The Bertz CT molecular complexity index is 332. The van der Waals surface area contributed by atoms with E-state index in [0.29, 0.717) is 0 Å². The van der Waals surface area contributed by atoms with E-state index in [4.69, 9.17) is 4.42 Å². The van der Waals surface area contributed by atoms with Crippen molar-refractivity contribution >= 4 is 5.78 Å². The Morgan fingerprint density at radius 2 is 2.15 bits per heavy atom. The van der Waals surface area contributed by atoms with Crippen LogP contribution in [0.1, 0.15) is 41.1 Å². The summed E-state index contributed by atoms with van der Waals surface area (Å²) in [5.41, 5.74) is 0.794. The van der Waals surface area contributed by atoms with Crippen molar-refractivity contribution in [2.75, 3.05) is 0 Å². The Morgan fingerprint density at radius 3 is 2.54 bits per heavy atom. The first-order chi connectivity index (χ1) is 6.18. The summed E-state index contributed by atoms with van der Waals surface area (Å²) in [5, 5.41) is 0. The Hall–Kier alpha value is -1.05. The monoisotopic (exact) mass is 178 g/mol. The molecule has 2 heteroatoms. The molecule has 1 aliphatic rings. The average Bonchev–Trinajstić information content (AvgIpc) is 2.26. The van der Waals surface area contributed by atoms with Crippen LogP contribution in [0, 0.1) is 19.8 Å². The first-order valence-corrected chi connectivity index (χ1v) is 4.79. The predicted octanol–water partition coefficient (Wildman–Crippen LogP) is 2.88. The zero-order valence-electron chi connectivity index (χ0n) is 8.09. The lowest BCUT2D eigenvalue weighted by Gasteiger charge is -2.23. The van der Waals surface area contributed by atoms with E-state index >= 15 is 0 Å². The number of carbonyl (C=O) groups excluding carboxylic acids is 1. The molecule has 1 aromatic rings. The van der Waals surface area contributed by atoms with Gasteiger partial charge in [-0.1, -0.05) is 6.42 Å². The molecule has 0 amide bonds. The van der Waals surface area contributed by atoms with Crippen LogP contribution >= 0.6 is 0 Å². The van der Waals surface area contributed by atoms with Crippen molar-refractivity contribution in [2.24, 2.45) is 5.92 Å². The van der Waals surface area contributed by atoms with Gasteiger partial charge < -0.3 is 4.42 Å². The third kappa shape index (κ3) is 1.41. The van der Waals surface area contributed by atoms with E-state index in [0.717, 1.165) is 29.9 Å². The smallest absolute Gasteiger partial charge is 0.169 e. The quantitative estimate of drug-likeness (QED) is 0.652. The van der Waals surface area contributed by atoms with Gasteiger partial charge in [0.25, 0.3) is 0 Å². The molecule has 13 heavy (non-hydrogen) atoms. The van der Waals surface area contributed by atoms with Gasteiger partial charge in [-0.25, -0.2) is 0 Å². The highest BCUT2D eigenvalue weighted by Gasteiger charge is 2.28. The summed E-state index contributed by atoms with van der Waals surface area (Å²) in [6, 6.07) is 1.86. The van der Waals surface area contributed by atoms with Crippen molar-refractivity contribution < 1.29 is 9.21 Å². The van der Waals surface area contributed by atoms with Gasteiger partial charge in [-0.15, -0.1) is 0 Å².